The molecule has 1 aromatic heterocycles. The van der Waals surface area contributed by atoms with Crippen molar-refractivity contribution >= 4 is 11.6 Å². The normalized spacial score (nSPS) is 10.1. The van der Waals surface area contributed by atoms with E-state index in [0.29, 0.717) is 11.4 Å². The van der Waals surface area contributed by atoms with E-state index >= 15 is 0 Å². The van der Waals surface area contributed by atoms with Crippen LogP contribution in [0.15, 0.2) is 30.6 Å². The number of primary amides is 1. The van der Waals surface area contributed by atoms with Crippen molar-refractivity contribution < 1.29 is 9.53 Å². The summed E-state index contributed by atoms with van der Waals surface area (Å²) in [6.45, 7) is 1.84. The Morgan fingerprint density at radius 3 is 2.67 bits per heavy atom. The second-order valence-electron chi connectivity index (χ2n) is 3.70. The van der Waals surface area contributed by atoms with E-state index in [1.807, 2.05) is 6.92 Å². The van der Waals surface area contributed by atoms with E-state index < -0.39 is 5.91 Å². The molecule has 0 aliphatic carbocycles. The second-order valence-corrected chi connectivity index (χ2v) is 3.70. The number of benzene rings is 1. The molecule has 0 atom stereocenters. The highest BCUT2D eigenvalue weighted by Crippen LogP contribution is 2.26. The molecule has 92 valence electrons. The third-order valence-electron chi connectivity index (χ3n) is 2.30. The Balaban J connectivity index is 2.37. The van der Waals surface area contributed by atoms with Gasteiger partial charge in [0.25, 0.3) is 11.8 Å². The highest BCUT2D eigenvalue weighted by Gasteiger charge is 2.13. The topological polar surface area (TPSA) is 104 Å². The van der Waals surface area contributed by atoms with Gasteiger partial charge in [-0.15, -0.1) is 0 Å². The number of amides is 1. The Bertz CT molecular complexity index is 598. The van der Waals surface area contributed by atoms with Crippen molar-refractivity contribution in [3.05, 3.63) is 41.9 Å². The van der Waals surface area contributed by atoms with Crippen LogP contribution in [0.4, 0.5) is 5.69 Å². The minimum atomic E-state index is -0.689. The largest absolute Gasteiger partial charge is 0.437 e. The van der Waals surface area contributed by atoms with Crippen molar-refractivity contribution in [1.29, 1.82) is 0 Å². The van der Waals surface area contributed by atoms with Crippen LogP contribution in [-0.4, -0.2) is 15.9 Å². The minimum absolute atomic E-state index is 0.00581. The monoisotopic (exact) mass is 244 g/mol. The number of ether oxygens (including phenoxy) is 1. The minimum Gasteiger partial charge on any atom is -0.437 e. The summed E-state index contributed by atoms with van der Waals surface area (Å²) in [5.74, 6) is -0.0590. The van der Waals surface area contributed by atoms with E-state index in [4.69, 9.17) is 16.2 Å². The maximum atomic E-state index is 11.2. The van der Waals surface area contributed by atoms with Crippen LogP contribution in [0.3, 0.4) is 0 Å². The first-order valence-electron chi connectivity index (χ1n) is 5.22. The molecule has 0 unspecified atom stereocenters. The third kappa shape index (κ3) is 2.37. The molecular formula is C12H12N4O2. The Kier molecular flexibility index (Phi) is 3.09. The van der Waals surface area contributed by atoms with Gasteiger partial charge in [0.1, 0.15) is 5.75 Å². The first-order chi connectivity index (χ1) is 8.58. The molecule has 6 heteroatoms. The van der Waals surface area contributed by atoms with E-state index in [1.165, 1.54) is 12.4 Å². The Labute approximate surface area is 104 Å². The lowest BCUT2D eigenvalue weighted by Crippen LogP contribution is -2.15. The summed E-state index contributed by atoms with van der Waals surface area (Å²) in [6, 6.07) is 5.16. The standard InChI is InChI=1S/C12H12N4O2/c1-7-6-8(13)2-3-9(7)18-12-10(11(14)17)15-4-5-16-12/h2-6H,13H2,1H3,(H2,14,17). The molecule has 0 fully saturated rings. The van der Waals surface area contributed by atoms with Crippen molar-refractivity contribution in [2.45, 2.75) is 6.92 Å². The number of hydrogen-bond donors (Lipinski definition) is 2. The molecule has 0 saturated heterocycles. The predicted molar refractivity (Wildman–Crippen MR) is 66.2 cm³/mol. The summed E-state index contributed by atoms with van der Waals surface area (Å²) in [5, 5.41) is 0. The number of nitrogen functional groups attached to an aromatic ring is 1. The molecule has 1 amide bonds. The fourth-order valence-electron chi connectivity index (χ4n) is 1.46. The zero-order valence-corrected chi connectivity index (χ0v) is 9.75. The fourth-order valence-corrected chi connectivity index (χ4v) is 1.46. The number of carbonyl (C=O) groups excluding carboxylic acids is 1. The molecular weight excluding hydrogens is 232 g/mol. The Morgan fingerprint density at radius 1 is 1.28 bits per heavy atom. The number of nitrogens with zero attached hydrogens (tertiary/aromatic N) is 2. The molecule has 4 N–H and O–H groups in total. The SMILES string of the molecule is Cc1cc(N)ccc1Oc1nccnc1C(N)=O. The number of anilines is 1. The third-order valence-corrected chi connectivity index (χ3v) is 2.30. The van der Waals surface area contributed by atoms with Gasteiger partial charge in [-0.2, -0.15) is 0 Å². The van der Waals surface area contributed by atoms with E-state index in [0.717, 1.165) is 5.56 Å². The van der Waals surface area contributed by atoms with E-state index in [1.54, 1.807) is 18.2 Å². The average molecular weight is 244 g/mol. The number of rotatable bonds is 3. The van der Waals surface area contributed by atoms with Gasteiger partial charge < -0.3 is 16.2 Å². The van der Waals surface area contributed by atoms with Gasteiger partial charge in [0, 0.05) is 18.1 Å². The van der Waals surface area contributed by atoms with E-state index in [9.17, 15) is 4.79 Å². The van der Waals surface area contributed by atoms with Crippen LogP contribution >= 0.6 is 0 Å². The molecule has 0 spiro atoms. The lowest BCUT2D eigenvalue weighted by Gasteiger charge is -2.09. The molecule has 0 aliphatic rings. The molecule has 18 heavy (non-hydrogen) atoms. The van der Waals surface area contributed by atoms with Crippen LogP contribution in [0.1, 0.15) is 16.1 Å². The molecule has 1 aromatic carbocycles. The zero-order chi connectivity index (χ0) is 13.1. The maximum Gasteiger partial charge on any atom is 0.272 e. The number of hydrogen-bond acceptors (Lipinski definition) is 5. The van der Waals surface area contributed by atoms with Crippen molar-refractivity contribution in [2.75, 3.05) is 5.73 Å². The molecule has 2 rings (SSSR count). The van der Waals surface area contributed by atoms with Gasteiger partial charge in [0.2, 0.25) is 0 Å². The smallest absolute Gasteiger partial charge is 0.272 e. The van der Waals surface area contributed by atoms with Gasteiger partial charge in [-0.05, 0) is 30.7 Å². The van der Waals surface area contributed by atoms with Crippen LogP contribution in [0.5, 0.6) is 11.6 Å². The molecule has 1 heterocycles. The van der Waals surface area contributed by atoms with Crippen molar-refractivity contribution in [3.8, 4) is 11.6 Å². The molecule has 6 nitrogen and oxygen atoms in total. The van der Waals surface area contributed by atoms with Crippen LogP contribution in [0.25, 0.3) is 0 Å². The lowest BCUT2D eigenvalue weighted by atomic mass is 10.2. The summed E-state index contributed by atoms with van der Waals surface area (Å²) in [5.41, 5.74) is 12.3. The molecule has 0 saturated carbocycles. The highest BCUT2D eigenvalue weighted by atomic mass is 16.5. The zero-order valence-electron chi connectivity index (χ0n) is 9.75. The van der Waals surface area contributed by atoms with Crippen LogP contribution < -0.4 is 16.2 Å². The summed E-state index contributed by atoms with van der Waals surface area (Å²) in [4.78, 5) is 18.9. The first-order valence-corrected chi connectivity index (χ1v) is 5.22. The fraction of sp³-hybridized carbons (Fsp3) is 0.0833. The highest BCUT2D eigenvalue weighted by molar-refractivity contribution is 5.92. The van der Waals surface area contributed by atoms with E-state index in [-0.39, 0.29) is 11.6 Å². The van der Waals surface area contributed by atoms with Crippen LogP contribution in [0.2, 0.25) is 0 Å². The van der Waals surface area contributed by atoms with Crippen LogP contribution in [-0.2, 0) is 0 Å². The van der Waals surface area contributed by atoms with Gasteiger partial charge in [-0.1, -0.05) is 0 Å². The van der Waals surface area contributed by atoms with Gasteiger partial charge in [-0.25, -0.2) is 9.97 Å². The van der Waals surface area contributed by atoms with Crippen molar-refractivity contribution in [2.24, 2.45) is 5.73 Å². The first kappa shape index (κ1) is 11.8. The Hall–Kier alpha value is -2.63. The van der Waals surface area contributed by atoms with Crippen molar-refractivity contribution in [3.63, 3.8) is 0 Å². The molecule has 0 bridgehead atoms. The quantitative estimate of drug-likeness (QED) is 0.791. The summed E-state index contributed by atoms with van der Waals surface area (Å²) >= 11 is 0. The number of aromatic nitrogens is 2. The van der Waals surface area contributed by atoms with Gasteiger partial charge in [0.05, 0.1) is 0 Å². The summed E-state index contributed by atoms with van der Waals surface area (Å²) < 4.78 is 5.53. The maximum absolute atomic E-state index is 11.2. The lowest BCUT2D eigenvalue weighted by molar-refractivity contribution is 0.0992. The number of nitrogens with two attached hydrogens (primary N) is 2. The number of aryl methyl sites for hydroxylation is 1. The van der Waals surface area contributed by atoms with Gasteiger partial charge >= 0.3 is 0 Å². The molecule has 0 radical (unpaired) electrons. The predicted octanol–water partition coefficient (Wildman–Crippen LogP) is 1.26. The van der Waals surface area contributed by atoms with Crippen molar-refractivity contribution in [1.82, 2.24) is 9.97 Å². The molecule has 2 aromatic rings. The van der Waals surface area contributed by atoms with Gasteiger partial charge in [-0.3, -0.25) is 4.79 Å². The average Bonchev–Trinajstić information content (AvgIpc) is 2.33. The van der Waals surface area contributed by atoms with E-state index in [2.05, 4.69) is 9.97 Å². The second kappa shape index (κ2) is 4.70. The molecule has 0 aliphatic heterocycles. The Morgan fingerprint density at radius 2 is 2.00 bits per heavy atom. The van der Waals surface area contributed by atoms with Crippen LogP contribution in [0, 0.1) is 6.92 Å². The number of carbonyl (C=O) groups is 1. The summed E-state index contributed by atoms with van der Waals surface area (Å²) in [6.07, 6.45) is 2.80. The van der Waals surface area contributed by atoms with Gasteiger partial charge in [0.15, 0.2) is 5.69 Å². The summed E-state index contributed by atoms with van der Waals surface area (Å²) in [7, 11) is 0.